The van der Waals surface area contributed by atoms with Crippen LogP contribution in [0.5, 0.6) is 0 Å². The third-order valence-electron chi connectivity index (χ3n) is 6.03. The van der Waals surface area contributed by atoms with Crippen molar-refractivity contribution < 1.29 is 0 Å². The monoisotopic (exact) mass is 385 g/mol. The maximum Gasteiger partial charge on any atom is 0.0998 e. The van der Waals surface area contributed by atoms with E-state index in [2.05, 4.69) is 53.7 Å². The van der Waals surface area contributed by atoms with Gasteiger partial charge in [0.25, 0.3) is 0 Å². The lowest BCUT2D eigenvalue weighted by atomic mass is 9.64. The summed E-state index contributed by atoms with van der Waals surface area (Å²) in [5.41, 5.74) is 6.34. The van der Waals surface area contributed by atoms with Crippen molar-refractivity contribution in [1.82, 2.24) is 9.36 Å². The minimum absolute atomic E-state index is 0.253. The lowest BCUT2D eigenvalue weighted by Crippen LogP contribution is -2.33. The minimum Gasteiger partial charge on any atom is -0.256 e. The van der Waals surface area contributed by atoms with Crippen LogP contribution in [0.4, 0.5) is 0 Å². The van der Waals surface area contributed by atoms with Crippen molar-refractivity contribution in [2.75, 3.05) is 0 Å². The van der Waals surface area contributed by atoms with E-state index in [1.54, 1.807) is 11.5 Å². The molecule has 1 unspecified atom stereocenters. The first-order chi connectivity index (χ1) is 13.5. The second-order valence-corrected chi connectivity index (χ2v) is 8.82. The highest BCUT2D eigenvalue weighted by atomic mass is 32.1. The number of nitrogens with zero attached hydrogens (tertiary/aromatic N) is 3. The van der Waals surface area contributed by atoms with E-state index in [1.807, 2.05) is 42.6 Å². The molecule has 4 rings (SSSR count). The van der Waals surface area contributed by atoms with E-state index in [1.165, 1.54) is 11.3 Å². The van der Waals surface area contributed by atoms with Gasteiger partial charge < -0.3 is 0 Å². The Morgan fingerprint density at radius 2 is 2.04 bits per heavy atom. The molecule has 0 fully saturated rings. The van der Waals surface area contributed by atoms with Gasteiger partial charge in [-0.2, -0.15) is 9.64 Å². The number of benzene rings is 1. The molecule has 3 nitrogen and oxygen atoms in total. The van der Waals surface area contributed by atoms with E-state index >= 15 is 0 Å². The smallest absolute Gasteiger partial charge is 0.0998 e. The topological polar surface area (TPSA) is 49.6 Å². The van der Waals surface area contributed by atoms with E-state index in [0.717, 1.165) is 23.2 Å². The van der Waals surface area contributed by atoms with Gasteiger partial charge in [-0.25, -0.2) is 0 Å². The molecule has 28 heavy (non-hydrogen) atoms. The summed E-state index contributed by atoms with van der Waals surface area (Å²) < 4.78 is 4.68. The number of rotatable bonds is 3. The van der Waals surface area contributed by atoms with Gasteiger partial charge in [0.15, 0.2) is 0 Å². The zero-order chi connectivity index (χ0) is 19.7. The Balaban J connectivity index is 1.60. The molecule has 0 amide bonds. The largest absolute Gasteiger partial charge is 0.256 e. The molecule has 3 aromatic rings. The van der Waals surface area contributed by atoms with E-state index in [0.29, 0.717) is 17.4 Å². The molecular weight excluding hydrogens is 362 g/mol. The first-order valence-electron chi connectivity index (χ1n) is 9.56. The molecule has 0 radical (unpaired) electrons. The van der Waals surface area contributed by atoms with Gasteiger partial charge in [-0.15, -0.1) is 0 Å². The fourth-order valence-corrected chi connectivity index (χ4v) is 4.74. The molecule has 0 saturated heterocycles. The van der Waals surface area contributed by atoms with Gasteiger partial charge in [0.1, 0.15) is 0 Å². The summed E-state index contributed by atoms with van der Waals surface area (Å²) in [6.07, 6.45) is 7.30. The Morgan fingerprint density at radius 3 is 2.79 bits per heavy atom. The molecule has 0 spiro atoms. The molecular formula is C24H23N3S. The third-order valence-corrected chi connectivity index (χ3v) is 6.72. The molecule has 4 heteroatoms. The van der Waals surface area contributed by atoms with Gasteiger partial charge in [0.2, 0.25) is 0 Å². The minimum atomic E-state index is 0.253. The van der Waals surface area contributed by atoms with Gasteiger partial charge in [0.05, 0.1) is 23.0 Å². The molecule has 0 saturated carbocycles. The lowest BCUT2D eigenvalue weighted by Gasteiger charge is -2.40. The van der Waals surface area contributed by atoms with Crippen LogP contribution in [0, 0.1) is 22.7 Å². The van der Waals surface area contributed by atoms with E-state index in [9.17, 15) is 5.26 Å². The first kappa shape index (κ1) is 18.6. The van der Waals surface area contributed by atoms with Crippen molar-refractivity contribution in [1.29, 1.82) is 5.26 Å². The number of nitriles is 1. The quantitative estimate of drug-likeness (QED) is 0.548. The molecule has 0 bridgehead atoms. The van der Waals surface area contributed by atoms with Crippen LogP contribution in [-0.4, -0.2) is 9.36 Å². The van der Waals surface area contributed by atoms with Crippen LogP contribution in [0.1, 0.15) is 49.2 Å². The van der Waals surface area contributed by atoms with Crippen molar-refractivity contribution in [2.45, 2.75) is 33.1 Å². The summed E-state index contributed by atoms with van der Waals surface area (Å²) in [5.74, 6) is 0.825. The summed E-state index contributed by atoms with van der Waals surface area (Å²) in [4.78, 5) is 4.61. The molecule has 140 valence electrons. The van der Waals surface area contributed by atoms with Crippen LogP contribution < -0.4 is 0 Å². The average molecular weight is 386 g/mol. The second kappa shape index (κ2) is 7.33. The van der Waals surface area contributed by atoms with Crippen molar-refractivity contribution in [3.63, 3.8) is 0 Å². The van der Waals surface area contributed by atoms with Crippen molar-refractivity contribution >= 4 is 17.6 Å². The molecule has 1 aromatic carbocycles. The average Bonchev–Trinajstić information content (AvgIpc) is 3.15. The maximum atomic E-state index is 9.31. The molecule has 2 atom stereocenters. The van der Waals surface area contributed by atoms with Crippen LogP contribution in [0.2, 0.25) is 0 Å². The standard InChI is InChI=1S/C24H23N3S/c1-16-21(23-19(15-28-27-23)12-24(16,2)3)11-10-20-9-8-18(14-26-20)22-7-5-4-6-17(22)13-25/h4-11,14-16,21H,12H2,1-3H3/b11-10+/t16-,21?/m0/s1. The van der Waals surface area contributed by atoms with Crippen LogP contribution in [0.25, 0.3) is 17.2 Å². The lowest BCUT2D eigenvalue weighted by molar-refractivity contribution is 0.192. The molecule has 1 aliphatic carbocycles. The van der Waals surface area contributed by atoms with Crippen LogP contribution in [0.15, 0.2) is 54.1 Å². The number of allylic oxidation sites excluding steroid dienone is 1. The number of fused-ring (bicyclic) bond motifs is 1. The molecule has 0 N–H and O–H groups in total. The predicted octanol–water partition coefficient (Wildman–Crippen LogP) is 6.09. The molecule has 0 aliphatic heterocycles. The molecule has 1 aliphatic rings. The normalized spacial score (nSPS) is 20.6. The summed E-state index contributed by atoms with van der Waals surface area (Å²) in [6, 6.07) is 13.9. The molecule has 2 aromatic heterocycles. The van der Waals surface area contributed by atoms with Crippen molar-refractivity contribution in [3.8, 4) is 17.2 Å². The van der Waals surface area contributed by atoms with Gasteiger partial charge in [-0.05, 0) is 53.1 Å². The number of hydrogen-bond donors (Lipinski definition) is 0. The highest BCUT2D eigenvalue weighted by molar-refractivity contribution is 7.03. The van der Waals surface area contributed by atoms with E-state index in [4.69, 9.17) is 0 Å². The van der Waals surface area contributed by atoms with E-state index in [-0.39, 0.29) is 5.41 Å². The van der Waals surface area contributed by atoms with Gasteiger partial charge >= 0.3 is 0 Å². The Labute approximate surface area is 170 Å². The zero-order valence-corrected chi connectivity index (χ0v) is 17.2. The summed E-state index contributed by atoms with van der Waals surface area (Å²) in [6.45, 7) is 7.02. The van der Waals surface area contributed by atoms with Gasteiger partial charge in [-0.1, -0.05) is 51.1 Å². The summed E-state index contributed by atoms with van der Waals surface area (Å²) in [5, 5.41) is 11.5. The van der Waals surface area contributed by atoms with Gasteiger partial charge in [-0.3, -0.25) is 4.98 Å². The summed E-state index contributed by atoms with van der Waals surface area (Å²) >= 11 is 1.56. The molecule has 2 heterocycles. The Morgan fingerprint density at radius 1 is 1.21 bits per heavy atom. The number of pyridine rings is 1. The number of hydrogen-bond acceptors (Lipinski definition) is 4. The number of aromatic nitrogens is 2. The highest BCUT2D eigenvalue weighted by Crippen LogP contribution is 2.47. The fourth-order valence-electron chi connectivity index (χ4n) is 4.00. The van der Waals surface area contributed by atoms with Crippen molar-refractivity contribution in [3.05, 3.63) is 76.6 Å². The predicted molar refractivity (Wildman–Crippen MR) is 115 cm³/mol. The Bertz CT molecular complexity index is 1050. The SMILES string of the molecule is C[C@H]1C(/C=C/c2ccc(-c3ccccc3C#N)cn2)c2nscc2CC1(C)C. The zero-order valence-electron chi connectivity index (χ0n) is 16.4. The van der Waals surface area contributed by atoms with Crippen molar-refractivity contribution in [2.24, 2.45) is 11.3 Å². The van der Waals surface area contributed by atoms with Crippen LogP contribution in [0.3, 0.4) is 0 Å². The van der Waals surface area contributed by atoms with Gasteiger partial charge in [0, 0.05) is 28.6 Å². The Kier molecular flexibility index (Phi) is 4.87. The second-order valence-electron chi connectivity index (χ2n) is 8.19. The third kappa shape index (κ3) is 3.39. The van der Waals surface area contributed by atoms with Crippen LogP contribution >= 0.6 is 11.5 Å². The Hall–Kier alpha value is -2.77. The van der Waals surface area contributed by atoms with E-state index < -0.39 is 0 Å². The highest BCUT2D eigenvalue weighted by Gasteiger charge is 2.39. The van der Waals surface area contributed by atoms with Crippen LogP contribution in [-0.2, 0) is 6.42 Å². The summed E-state index contributed by atoms with van der Waals surface area (Å²) in [7, 11) is 0. The maximum absolute atomic E-state index is 9.31. The first-order valence-corrected chi connectivity index (χ1v) is 10.4. The fraction of sp³-hybridized carbons (Fsp3) is 0.292.